The average Bonchev–Trinajstić information content (AvgIpc) is 2.59. The highest BCUT2D eigenvalue weighted by atomic mass is 32.2. The summed E-state index contributed by atoms with van der Waals surface area (Å²) in [6, 6.07) is 0. The van der Waals surface area contributed by atoms with E-state index in [0.717, 1.165) is 0 Å². The molecule has 84 valence electrons. The van der Waals surface area contributed by atoms with Crippen LogP contribution in [0.25, 0.3) is 0 Å². The van der Waals surface area contributed by atoms with Crippen LogP contribution >= 0.6 is 11.8 Å². The van der Waals surface area contributed by atoms with E-state index >= 15 is 0 Å². The van der Waals surface area contributed by atoms with Crippen LogP contribution in [0.2, 0.25) is 0 Å². The van der Waals surface area contributed by atoms with Crippen LogP contribution in [-0.2, 0) is 11.8 Å². The summed E-state index contributed by atoms with van der Waals surface area (Å²) in [5.41, 5.74) is 2.14. The van der Waals surface area contributed by atoms with E-state index < -0.39 is 0 Å². The first-order chi connectivity index (χ1) is 7.06. The van der Waals surface area contributed by atoms with Crippen LogP contribution in [-0.4, -0.2) is 31.4 Å². The second kappa shape index (κ2) is 5.08. The van der Waals surface area contributed by atoms with E-state index in [1.165, 1.54) is 16.4 Å². The second-order valence-electron chi connectivity index (χ2n) is 3.38. The quantitative estimate of drug-likeness (QED) is 0.308. The molecule has 1 heterocycles. The first-order valence-corrected chi connectivity index (χ1v) is 5.33. The molecular weight excluding hydrogens is 216 g/mol. The number of tetrazole rings is 1. The number of amides is 1. The Morgan fingerprint density at radius 2 is 2.27 bits per heavy atom. The molecule has 8 heteroatoms. The van der Waals surface area contributed by atoms with Gasteiger partial charge in [-0.2, -0.15) is 0 Å². The molecule has 1 rings (SSSR count). The predicted molar refractivity (Wildman–Crippen MR) is 55.6 cm³/mol. The van der Waals surface area contributed by atoms with Crippen molar-refractivity contribution in [2.24, 2.45) is 18.8 Å². The molecule has 0 fully saturated rings. The molecule has 1 atom stereocenters. The largest absolute Gasteiger partial charge is 0.293 e. The van der Waals surface area contributed by atoms with Crippen LogP contribution in [0.4, 0.5) is 0 Å². The minimum absolute atomic E-state index is 0.148. The van der Waals surface area contributed by atoms with E-state index in [2.05, 4.69) is 21.0 Å². The monoisotopic (exact) mass is 230 g/mol. The third kappa shape index (κ3) is 2.90. The van der Waals surface area contributed by atoms with Gasteiger partial charge in [-0.05, 0) is 16.3 Å². The van der Waals surface area contributed by atoms with E-state index in [0.29, 0.717) is 5.16 Å². The number of rotatable bonds is 4. The second-order valence-corrected chi connectivity index (χ2v) is 4.48. The summed E-state index contributed by atoms with van der Waals surface area (Å²) in [5.74, 6) is 5.03. The van der Waals surface area contributed by atoms with Gasteiger partial charge in [0.2, 0.25) is 11.1 Å². The molecule has 0 saturated heterocycles. The number of hydrogen-bond acceptors (Lipinski definition) is 6. The van der Waals surface area contributed by atoms with Crippen molar-refractivity contribution < 1.29 is 4.79 Å². The summed E-state index contributed by atoms with van der Waals surface area (Å²) in [7, 11) is 1.72. The number of aromatic nitrogens is 4. The van der Waals surface area contributed by atoms with Gasteiger partial charge in [-0.1, -0.05) is 25.6 Å². The number of hydrogen-bond donors (Lipinski definition) is 2. The molecule has 0 aliphatic carbocycles. The molecule has 7 nitrogen and oxygen atoms in total. The number of thioether (sulfide) groups is 1. The summed E-state index contributed by atoms with van der Waals surface area (Å²) in [5, 5.41) is 11.3. The standard InChI is InChI=1S/C7H14N6OS/c1-4(2)5(6(14)9-8)15-7-10-11-12-13(7)3/h4-5H,8H2,1-3H3,(H,9,14). The first-order valence-electron chi connectivity index (χ1n) is 4.45. The van der Waals surface area contributed by atoms with Gasteiger partial charge in [0.15, 0.2) is 0 Å². The lowest BCUT2D eigenvalue weighted by Gasteiger charge is -2.16. The number of nitrogens with one attached hydrogen (secondary N) is 1. The van der Waals surface area contributed by atoms with Crippen molar-refractivity contribution in [2.45, 2.75) is 24.3 Å². The third-order valence-electron chi connectivity index (χ3n) is 1.82. The number of nitrogens with two attached hydrogens (primary N) is 1. The smallest absolute Gasteiger partial charge is 0.247 e. The van der Waals surface area contributed by atoms with Crippen molar-refractivity contribution in [3.63, 3.8) is 0 Å². The van der Waals surface area contributed by atoms with Gasteiger partial charge in [-0.15, -0.1) is 5.10 Å². The topological polar surface area (TPSA) is 98.7 Å². The molecule has 0 saturated carbocycles. The summed E-state index contributed by atoms with van der Waals surface area (Å²) < 4.78 is 1.52. The van der Waals surface area contributed by atoms with Gasteiger partial charge >= 0.3 is 0 Å². The van der Waals surface area contributed by atoms with E-state index in [-0.39, 0.29) is 17.1 Å². The summed E-state index contributed by atoms with van der Waals surface area (Å²) in [6.07, 6.45) is 0. The van der Waals surface area contributed by atoms with E-state index in [9.17, 15) is 4.79 Å². The molecule has 0 bridgehead atoms. The number of hydrazine groups is 1. The zero-order chi connectivity index (χ0) is 11.4. The van der Waals surface area contributed by atoms with Crippen LogP contribution < -0.4 is 11.3 Å². The average molecular weight is 230 g/mol. The fraction of sp³-hybridized carbons (Fsp3) is 0.714. The Morgan fingerprint density at radius 1 is 1.60 bits per heavy atom. The van der Waals surface area contributed by atoms with Crippen LogP contribution in [0.1, 0.15) is 13.8 Å². The minimum atomic E-state index is -0.292. The summed E-state index contributed by atoms with van der Waals surface area (Å²) in [4.78, 5) is 11.5. The SMILES string of the molecule is CC(C)C(Sc1nnnn1C)C(=O)NN. The fourth-order valence-electron chi connectivity index (χ4n) is 1.01. The van der Waals surface area contributed by atoms with Crippen LogP contribution in [0.3, 0.4) is 0 Å². The minimum Gasteiger partial charge on any atom is -0.293 e. The molecule has 15 heavy (non-hydrogen) atoms. The van der Waals surface area contributed by atoms with Gasteiger partial charge < -0.3 is 0 Å². The molecule has 0 spiro atoms. The van der Waals surface area contributed by atoms with Gasteiger partial charge in [-0.3, -0.25) is 10.2 Å². The molecule has 1 unspecified atom stereocenters. The van der Waals surface area contributed by atoms with Gasteiger partial charge in [0.05, 0.1) is 5.25 Å². The Morgan fingerprint density at radius 3 is 2.67 bits per heavy atom. The molecule has 1 amide bonds. The maximum absolute atomic E-state index is 11.5. The van der Waals surface area contributed by atoms with Crippen molar-refractivity contribution in [3.8, 4) is 0 Å². The van der Waals surface area contributed by atoms with Gasteiger partial charge in [0, 0.05) is 7.05 Å². The highest BCUT2D eigenvalue weighted by Crippen LogP contribution is 2.25. The lowest BCUT2D eigenvalue weighted by Crippen LogP contribution is -2.40. The molecule has 3 N–H and O–H groups in total. The lowest BCUT2D eigenvalue weighted by atomic mass is 10.1. The van der Waals surface area contributed by atoms with Crippen molar-refractivity contribution in [1.29, 1.82) is 0 Å². The Balaban J connectivity index is 2.76. The maximum atomic E-state index is 11.5. The third-order valence-corrected chi connectivity index (χ3v) is 3.39. The van der Waals surface area contributed by atoms with Crippen molar-refractivity contribution in [2.75, 3.05) is 0 Å². The van der Waals surface area contributed by atoms with Crippen LogP contribution in [0.15, 0.2) is 5.16 Å². The summed E-state index contributed by atoms with van der Waals surface area (Å²) >= 11 is 1.30. The van der Waals surface area contributed by atoms with E-state index in [4.69, 9.17) is 5.84 Å². The highest BCUT2D eigenvalue weighted by Gasteiger charge is 2.24. The molecule has 0 radical (unpaired) electrons. The number of nitrogens with zero attached hydrogens (tertiary/aromatic N) is 4. The lowest BCUT2D eigenvalue weighted by molar-refractivity contribution is -0.121. The van der Waals surface area contributed by atoms with Gasteiger partial charge in [0.1, 0.15) is 0 Å². The highest BCUT2D eigenvalue weighted by molar-refractivity contribution is 8.00. The fourth-order valence-corrected chi connectivity index (χ4v) is 1.96. The summed E-state index contributed by atoms with van der Waals surface area (Å²) in [6.45, 7) is 3.88. The Bertz CT molecular complexity index is 338. The number of aryl methyl sites for hydroxylation is 1. The van der Waals surface area contributed by atoms with Gasteiger partial charge in [0.25, 0.3) is 0 Å². The first kappa shape index (κ1) is 11.9. The van der Waals surface area contributed by atoms with Crippen LogP contribution in [0, 0.1) is 5.92 Å². The maximum Gasteiger partial charge on any atom is 0.247 e. The normalized spacial score (nSPS) is 12.9. The Hall–Kier alpha value is -1.15. The Labute approximate surface area is 91.7 Å². The molecule has 0 aliphatic rings. The van der Waals surface area contributed by atoms with E-state index in [1.807, 2.05) is 13.8 Å². The molecule has 0 aliphatic heterocycles. The molecule has 0 aromatic carbocycles. The van der Waals surface area contributed by atoms with Gasteiger partial charge in [-0.25, -0.2) is 10.5 Å². The zero-order valence-corrected chi connectivity index (χ0v) is 9.65. The van der Waals surface area contributed by atoms with E-state index in [1.54, 1.807) is 7.05 Å². The van der Waals surface area contributed by atoms with Crippen molar-refractivity contribution in [3.05, 3.63) is 0 Å². The van der Waals surface area contributed by atoms with Crippen molar-refractivity contribution >= 4 is 17.7 Å². The molecular formula is C7H14N6OS. The van der Waals surface area contributed by atoms with Crippen molar-refractivity contribution in [1.82, 2.24) is 25.6 Å². The van der Waals surface area contributed by atoms with Crippen LogP contribution in [0.5, 0.6) is 0 Å². The molecule has 1 aromatic heterocycles. The predicted octanol–water partition coefficient (Wildman–Crippen LogP) is -0.683. The Kier molecular flexibility index (Phi) is 4.04. The number of carbonyl (C=O) groups excluding carboxylic acids is 1. The number of carbonyl (C=O) groups is 1. The zero-order valence-electron chi connectivity index (χ0n) is 8.84. The molecule has 1 aromatic rings.